The molecule has 1 aliphatic rings. The molecule has 0 heterocycles. The van der Waals surface area contributed by atoms with E-state index in [2.05, 4.69) is 61.5 Å². The van der Waals surface area contributed by atoms with E-state index in [1.165, 1.54) is 48.8 Å². The average Bonchev–Trinajstić information content (AvgIpc) is 2.84. The minimum absolute atomic E-state index is 0.0493. The zero-order valence-corrected chi connectivity index (χ0v) is 19.7. The third kappa shape index (κ3) is 5.49. The maximum Gasteiger partial charge on any atom is 0.134 e. The lowest BCUT2D eigenvalue weighted by molar-refractivity contribution is 0.319. The molecule has 3 aromatic carbocycles. The first-order chi connectivity index (χ1) is 15.7. The quantitative estimate of drug-likeness (QED) is 0.314. The summed E-state index contributed by atoms with van der Waals surface area (Å²) in [5.41, 5.74) is 4.88. The first-order valence-electron chi connectivity index (χ1n) is 12.6. The van der Waals surface area contributed by atoms with Crippen LogP contribution >= 0.6 is 0 Å². The van der Waals surface area contributed by atoms with Crippen LogP contribution in [0.15, 0.2) is 66.7 Å². The van der Waals surface area contributed by atoms with Crippen LogP contribution in [-0.2, 0) is 19.3 Å². The number of rotatable bonds is 8. The Labute approximate surface area is 193 Å². The molecular weight excluding hydrogens is 391 g/mol. The van der Waals surface area contributed by atoms with E-state index in [4.69, 9.17) is 0 Å². The lowest BCUT2D eigenvalue weighted by Gasteiger charge is -2.28. The predicted molar refractivity (Wildman–Crippen MR) is 136 cm³/mol. The highest BCUT2D eigenvalue weighted by Crippen LogP contribution is 2.37. The fourth-order valence-corrected chi connectivity index (χ4v) is 5.29. The van der Waals surface area contributed by atoms with Gasteiger partial charge in [0.1, 0.15) is 5.82 Å². The summed E-state index contributed by atoms with van der Waals surface area (Å²) in [6.45, 7) is 4.37. The molecule has 0 nitrogen and oxygen atoms in total. The lowest BCUT2D eigenvalue weighted by atomic mass is 9.78. The summed E-state index contributed by atoms with van der Waals surface area (Å²) < 4.78 is 15.2. The highest BCUT2D eigenvalue weighted by Gasteiger charge is 2.21. The Balaban J connectivity index is 1.38. The Kier molecular flexibility index (Phi) is 7.79. The smallest absolute Gasteiger partial charge is 0.134 e. The van der Waals surface area contributed by atoms with Crippen LogP contribution in [0.2, 0.25) is 0 Å². The Morgan fingerprint density at radius 1 is 0.844 bits per heavy atom. The van der Waals surface area contributed by atoms with Crippen LogP contribution in [0.25, 0.3) is 10.8 Å². The fourth-order valence-electron chi connectivity index (χ4n) is 5.29. The van der Waals surface area contributed by atoms with Crippen molar-refractivity contribution in [1.82, 2.24) is 0 Å². The highest BCUT2D eigenvalue weighted by atomic mass is 19.1. The van der Waals surface area contributed by atoms with Gasteiger partial charge in [0.05, 0.1) is 0 Å². The molecule has 0 N–H and O–H groups in total. The second kappa shape index (κ2) is 10.9. The molecule has 0 aromatic heterocycles. The number of allylic oxidation sites excluding steroid dienone is 2. The van der Waals surface area contributed by atoms with Gasteiger partial charge in [-0.25, -0.2) is 4.39 Å². The number of halogens is 1. The standard InChI is InChI=1S/C31H37F/c1-3-5-6-7-25-13-21-30-29(22-25)20-19-28(31(30)32)18-12-24-10-16-27(17-11-24)26-14-8-23(4-2)9-15-26/h3,5,10-11,13,16-17,19-23,26H,4,6-9,12,14-15,18H2,1-2H3/b5-3+. The monoisotopic (exact) mass is 428 g/mol. The lowest BCUT2D eigenvalue weighted by Crippen LogP contribution is -2.12. The zero-order valence-electron chi connectivity index (χ0n) is 19.7. The van der Waals surface area contributed by atoms with Gasteiger partial charge in [0.2, 0.25) is 0 Å². The van der Waals surface area contributed by atoms with E-state index in [1.807, 2.05) is 19.1 Å². The van der Waals surface area contributed by atoms with Crippen LogP contribution < -0.4 is 0 Å². The van der Waals surface area contributed by atoms with Crippen LogP contribution in [0.1, 0.15) is 80.5 Å². The summed E-state index contributed by atoms with van der Waals surface area (Å²) in [4.78, 5) is 0. The molecule has 0 bridgehead atoms. The van der Waals surface area contributed by atoms with Crippen LogP contribution in [0.5, 0.6) is 0 Å². The van der Waals surface area contributed by atoms with Crippen molar-refractivity contribution in [1.29, 1.82) is 0 Å². The Morgan fingerprint density at radius 3 is 2.31 bits per heavy atom. The summed E-state index contributed by atoms with van der Waals surface area (Å²) in [6.07, 6.45) is 14.7. The molecule has 3 aromatic rings. The van der Waals surface area contributed by atoms with E-state index in [0.29, 0.717) is 0 Å². The van der Waals surface area contributed by atoms with E-state index >= 15 is 4.39 Å². The first-order valence-corrected chi connectivity index (χ1v) is 12.6. The summed E-state index contributed by atoms with van der Waals surface area (Å²) in [5.74, 6) is 1.62. The van der Waals surface area contributed by atoms with Gasteiger partial charge in [-0.15, -0.1) is 0 Å². The first kappa shape index (κ1) is 22.8. The maximum atomic E-state index is 15.2. The predicted octanol–water partition coefficient (Wildman–Crippen LogP) is 8.96. The van der Waals surface area contributed by atoms with Crippen molar-refractivity contribution in [2.75, 3.05) is 0 Å². The van der Waals surface area contributed by atoms with Gasteiger partial charge in [-0.2, -0.15) is 0 Å². The number of fused-ring (bicyclic) bond motifs is 1. The summed E-state index contributed by atoms with van der Waals surface area (Å²) in [5, 5.41) is 1.75. The molecule has 0 radical (unpaired) electrons. The van der Waals surface area contributed by atoms with Crippen molar-refractivity contribution < 1.29 is 4.39 Å². The van der Waals surface area contributed by atoms with Gasteiger partial charge in [-0.3, -0.25) is 0 Å². The van der Waals surface area contributed by atoms with Crippen molar-refractivity contribution in [3.05, 3.63) is 94.8 Å². The number of aryl methyl sites for hydroxylation is 3. The Hall–Kier alpha value is -2.41. The Morgan fingerprint density at radius 2 is 1.59 bits per heavy atom. The molecule has 0 unspecified atom stereocenters. The zero-order chi connectivity index (χ0) is 22.3. The van der Waals surface area contributed by atoms with E-state index in [-0.39, 0.29) is 5.82 Å². The minimum atomic E-state index is -0.0493. The number of hydrogen-bond acceptors (Lipinski definition) is 0. The molecule has 0 atom stereocenters. The third-order valence-corrected chi connectivity index (χ3v) is 7.49. The number of benzene rings is 3. The molecular formula is C31H37F. The van der Waals surface area contributed by atoms with E-state index < -0.39 is 0 Å². The van der Waals surface area contributed by atoms with Crippen LogP contribution in [0, 0.1) is 11.7 Å². The van der Waals surface area contributed by atoms with E-state index in [0.717, 1.165) is 53.9 Å². The molecule has 1 saturated carbocycles. The van der Waals surface area contributed by atoms with Gasteiger partial charge >= 0.3 is 0 Å². The van der Waals surface area contributed by atoms with Crippen molar-refractivity contribution in [3.8, 4) is 0 Å². The van der Waals surface area contributed by atoms with Crippen LogP contribution in [0.3, 0.4) is 0 Å². The minimum Gasteiger partial charge on any atom is -0.206 e. The van der Waals surface area contributed by atoms with Crippen LogP contribution in [-0.4, -0.2) is 0 Å². The molecule has 0 saturated heterocycles. The topological polar surface area (TPSA) is 0 Å². The molecule has 1 heteroatoms. The largest absolute Gasteiger partial charge is 0.206 e. The summed E-state index contributed by atoms with van der Waals surface area (Å²) in [6, 6.07) is 19.4. The molecule has 0 amide bonds. The fraction of sp³-hybridized carbons (Fsp3) is 0.419. The van der Waals surface area contributed by atoms with Gasteiger partial charge in [0, 0.05) is 5.39 Å². The summed E-state index contributed by atoms with van der Waals surface area (Å²) >= 11 is 0. The van der Waals surface area contributed by atoms with Crippen molar-refractivity contribution in [3.63, 3.8) is 0 Å². The van der Waals surface area contributed by atoms with Gasteiger partial charge in [-0.1, -0.05) is 80.1 Å². The van der Waals surface area contributed by atoms with Crippen LogP contribution in [0.4, 0.5) is 4.39 Å². The summed E-state index contributed by atoms with van der Waals surface area (Å²) in [7, 11) is 0. The maximum absolute atomic E-state index is 15.2. The molecule has 1 aliphatic carbocycles. The molecule has 168 valence electrons. The van der Waals surface area contributed by atoms with Crippen molar-refractivity contribution >= 4 is 10.8 Å². The third-order valence-electron chi connectivity index (χ3n) is 7.49. The van der Waals surface area contributed by atoms with Gasteiger partial charge in [0.15, 0.2) is 0 Å². The second-order valence-electron chi connectivity index (χ2n) is 9.57. The average molecular weight is 429 g/mol. The van der Waals surface area contributed by atoms with Crippen molar-refractivity contribution in [2.24, 2.45) is 5.92 Å². The van der Waals surface area contributed by atoms with Gasteiger partial charge < -0.3 is 0 Å². The molecule has 0 aliphatic heterocycles. The van der Waals surface area contributed by atoms with Gasteiger partial charge in [0.25, 0.3) is 0 Å². The Bertz CT molecular complexity index is 1040. The molecule has 32 heavy (non-hydrogen) atoms. The highest BCUT2D eigenvalue weighted by molar-refractivity contribution is 5.84. The molecule has 4 rings (SSSR count). The SMILES string of the molecule is C/C=C/CCc1ccc2c(F)c(CCc3ccc(C4CCC(CC)CC4)cc3)ccc2c1. The van der Waals surface area contributed by atoms with Crippen molar-refractivity contribution in [2.45, 2.75) is 77.6 Å². The normalized spacial score (nSPS) is 19.1. The van der Waals surface area contributed by atoms with E-state index in [9.17, 15) is 0 Å². The molecule has 1 fully saturated rings. The van der Waals surface area contributed by atoms with E-state index in [1.54, 1.807) is 0 Å². The molecule has 0 spiro atoms. The second-order valence-corrected chi connectivity index (χ2v) is 9.57. The van der Waals surface area contributed by atoms with Gasteiger partial charge in [-0.05, 0) is 97.8 Å². The number of hydrogen-bond donors (Lipinski definition) is 0.